The molecule has 0 unspecified atom stereocenters. The van der Waals surface area contributed by atoms with Crippen molar-refractivity contribution in [1.82, 2.24) is 9.13 Å². The van der Waals surface area contributed by atoms with Gasteiger partial charge in [0.05, 0.1) is 5.39 Å². The molecule has 0 bridgehead atoms. The molecule has 3 rings (SSSR count). The van der Waals surface area contributed by atoms with E-state index in [9.17, 15) is 9.59 Å². The minimum Gasteiger partial charge on any atom is -0.282 e. The smallest absolute Gasteiger partial charge is 0.282 e. The van der Waals surface area contributed by atoms with Crippen LogP contribution in [0.25, 0.3) is 10.2 Å². The lowest BCUT2D eigenvalue weighted by molar-refractivity contribution is 0.559. The standard InChI is InChI=1S/C17H18N2O2S/c1-11(2)19-16-14(15(20)18(3)17(19)21)10-13(22-16)9-12-7-5-4-6-8-12/h4-8,10-11H,9H2,1-3H3. The Kier molecular flexibility index (Phi) is 3.74. The van der Waals surface area contributed by atoms with Gasteiger partial charge in [-0.3, -0.25) is 13.9 Å². The van der Waals surface area contributed by atoms with Crippen LogP contribution in [0.2, 0.25) is 0 Å². The molecule has 114 valence electrons. The van der Waals surface area contributed by atoms with Gasteiger partial charge in [-0.05, 0) is 25.5 Å². The molecular formula is C17H18N2O2S. The van der Waals surface area contributed by atoms with Crippen molar-refractivity contribution in [3.63, 3.8) is 0 Å². The number of fused-ring (bicyclic) bond motifs is 1. The number of nitrogens with zero attached hydrogens (tertiary/aromatic N) is 2. The molecule has 1 aromatic carbocycles. The second-order valence-electron chi connectivity index (χ2n) is 5.70. The van der Waals surface area contributed by atoms with E-state index in [1.807, 2.05) is 38.1 Å². The van der Waals surface area contributed by atoms with Crippen molar-refractivity contribution in [1.29, 1.82) is 0 Å². The number of aromatic nitrogens is 2. The molecule has 3 aromatic rings. The summed E-state index contributed by atoms with van der Waals surface area (Å²) >= 11 is 1.53. The summed E-state index contributed by atoms with van der Waals surface area (Å²) in [5.41, 5.74) is 0.734. The molecule has 2 aromatic heterocycles. The quantitative estimate of drug-likeness (QED) is 0.746. The van der Waals surface area contributed by atoms with Crippen LogP contribution in [0.4, 0.5) is 0 Å². The second-order valence-corrected chi connectivity index (χ2v) is 6.82. The van der Waals surface area contributed by atoms with Crippen molar-refractivity contribution in [3.8, 4) is 0 Å². The van der Waals surface area contributed by atoms with E-state index in [0.29, 0.717) is 5.39 Å². The average molecular weight is 314 g/mol. The number of thiophene rings is 1. The molecular weight excluding hydrogens is 296 g/mol. The monoisotopic (exact) mass is 314 g/mol. The van der Waals surface area contributed by atoms with Gasteiger partial charge in [0.1, 0.15) is 4.83 Å². The third-order valence-corrected chi connectivity index (χ3v) is 4.88. The zero-order valence-electron chi connectivity index (χ0n) is 12.9. The van der Waals surface area contributed by atoms with Crippen LogP contribution in [-0.4, -0.2) is 9.13 Å². The Morgan fingerprint density at radius 1 is 1.14 bits per heavy atom. The Morgan fingerprint density at radius 3 is 2.45 bits per heavy atom. The molecule has 0 saturated carbocycles. The number of hydrogen-bond acceptors (Lipinski definition) is 3. The van der Waals surface area contributed by atoms with Gasteiger partial charge in [-0.15, -0.1) is 11.3 Å². The summed E-state index contributed by atoms with van der Waals surface area (Å²) in [6.45, 7) is 3.92. The summed E-state index contributed by atoms with van der Waals surface area (Å²) < 4.78 is 2.90. The Morgan fingerprint density at radius 2 is 1.82 bits per heavy atom. The Hall–Kier alpha value is -2.14. The van der Waals surface area contributed by atoms with E-state index in [4.69, 9.17) is 0 Å². The maximum Gasteiger partial charge on any atom is 0.332 e. The fourth-order valence-corrected chi connectivity index (χ4v) is 3.93. The van der Waals surface area contributed by atoms with Crippen molar-refractivity contribution in [2.75, 3.05) is 0 Å². The lowest BCUT2D eigenvalue weighted by Crippen LogP contribution is -2.38. The molecule has 2 heterocycles. The summed E-state index contributed by atoms with van der Waals surface area (Å²) in [5, 5.41) is 0.631. The summed E-state index contributed by atoms with van der Waals surface area (Å²) in [4.78, 5) is 26.6. The van der Waals surface area contributed by atoms with E-state index in [1.165, 1.54) is 28.5 Å². The van der Waals surface area contributed by atoms with Gasteiger partial charge in [0.15, 0.2) is 0 Å². The number of benzene rings is 1. The lowest BCUT2D eigenvalue weighted by Gasteiger charge is -2.12. The van der Waals surface area contributed by atoms with E-state index in [-0.39, 0.29) is 17.3 Å². The first-order valence-electron chi connectivity index (χ1n) is 7.27. The molecule has 0 spiro atoms. The van der Waals surface area contributed by atoms with Gasteiger partial charge in [-0.2, -0.15) is 0 Å². The van der Waals surface area contributed by atoms with Crippen LogP contribution in [0.1, 0.15) is 30.3 Å². The van der Waals surface area contributed by atoms with Gasteiger partial charge in [0.25, 0.3) is 5.56 Å². The van der Waals surface area contributed by atoms with Crippen LogP contribution in [-0.2, 0) is 13.5 Å². The van der Waals surface area contributed by atoms with Crippen LogP contribution in [0.5, 0.6) is 0 Å². The SMILES string of the molecule is CC(C)n1c(=O)n(C)c(=O)c2cc(Cc3ccccc3)sc21. The van der Waals surface area contributed by atoms with Gasteiger partial charge in [-0.25, -0.2) is 4.79 Å². The Bertz CT molecular complexity index is 933. The molecule has 0 N–H and O–H groups in total. The summed E-state index contributed by atoms with van der Waals surface area (Å²) in [6.07, 6.45) is 0.773. The Balaban J connectivity index is 2.21. The molecule has 0 fully saturated rings. The molecule has 0 aliphatic heterocycles. The topological polar surface area (TPSA) is 44.0 Å². The summed E-state index contributed by atoms with van der Waals surface area (Å²) in [6, 6.07) is 12.1. The van der Waals surface area contributed by atoms with Gasteiger partial charge in [0, 0.05) is 24.4 Å². The summed E-state index contributed by atoms with van der Waals surface area (Å²) in [5.74, 6) is 0. The van der Waals surface area contributed by atoms with Gasteiger partial charge in [-0.1, -0.05) is 30.3 Å². The third kappa shape index (κ3) is 2.41. The maximum atomic E-state index is 12.3. The van der Waals surface area contributed by atoms with Crippen molar-refractivity contribution in [2.24, 2.45) is 7.05 Å². The minimum absolute atomic E-state index is 0.0185. The number of rotatable bonds is 3. The van der Waals surface area contributed by atoms with Crippen LogP contribution in [0.3, 0.4) is 0 Å². The zero-order chi connectivity index (χ0) is 15.9. The third-order valence-electron chi connectivity index (χ3n) is 3.75. The van der Waals surface area contributed by atoms with E-state index >= 15 is 0 Å². The first kappa shape index (κ1) is 14.8. The summed E-state index contributed by atoms with van der Waals surface area (Å²) in [7, 11) is 1.54. The van der Waals surface area contributed by atoms with Gasteiger partial charge in [0.2, 0.25) is 0 Å². The van der Waals surface area contributed by atoms with E-state index < -0.39 is 0 Å². The molecule has 0 radical (unpaired) electrons. The van der Waals surface area contributed by atoms with Gasteiger partial charge < -0.3 is 0 Å². The molecule has 0 amide bonds. The normalized spacial score (nSPS) is 11.5. The molecule has 0 aliphatic rings. The Labute approximate surface area is 132 Å². The van der Waals surface area contributed by atoms with Crippen LogP contribution < -0.4 is 11.2 Å². The average Bonchev–Trinajstić information content (AvgIpc) is 2.89. The molecule has 22 heavy (non-hydrogen) atoms. The highest BCUT2D eigenvalue weighted by atomic mass is 32.1. The van der Waals surface area contributed by atoms with Crippen molar-refractivity contribution in [3.05, 3.63) is 67.7 Å². The van der Waals surface area contributed by atoms with Crippen LogP contribution in [0, 0.1) is 0 Å². The second kappa shape index (κ2) is 5.57. The van der Waals surface area contributed by atoms with Crippen LogP contribution >= 0.6 is 11.3 Å². The molecule has 0 aliphatic carbocycles. The first-order valence-corrected chi connectivity index (χ1v) is 8.08. The highest BCUT2D eigenvalue weighted by Gasteiger charge is 2.16. The highest BCUT2D eigenvalue weighted by Crippen LogP contribution is 2.26. The molecule has 0 atom stereocenters. The predicted molar refractivity (Wildman–Crippen MR) is 91.0 cm³/mol. The maximum absolute atomic E-state index is 12.3. The van der Waals surface area contributed by atoms with Crippen molar-refractivity contribution in [2.45, 2.75) is 26.3 Å². The lowest BCUT2D eigenvalue weighted by atomic mass is 10.1. The zero-order valence-corrected chi connectivity index (χ0v) is 13.7. The fourth-order valence-electron chi connectivity index (χ4n) is 2.62. The first-order chi connectivity index (χ1) is 10.5. The molecule has 0 saturated heterocycles. The minimum atomic E-state index is -0.249. The highest BCUT2D eigenvalue weighted by molar-refractivity contribution is 7.18. The predicted octanol–water partition coefficient (Wildman–Crippen LogP) is 2.93. The number of hydrogen-bond donors (Lipinski definition) is 0. The van der Waals surface area contributed by atoms with Crippen molar-refractivity contribution < 1.29 is 0 Å². The van der Waals surface area contributed by atoms with Crippen molar-refractivity contribution >= 4 is 21.6 Å². The molecule has 5 heteroatoms. The van der Waals surface area contributed by atoms with Gasteiger partial charge >= 0.3 is 5.69 Å². The fraction of sp³-hybridized carbons (Fsp3) is 0.294. The largest absolute Gasteiger partial charge is 0.332 e. The van der Waals surface area contributed by atoms with E-state index in [0.717, 1.165) is 16.1 Å². The van der Waals surface area contributed by atoms with E-state index in [2.05, 4.69) is 12.1 Å². The van der Waals surface area contributed by atoms with E-state index in [1.54, 1.807) is 4.57 Å². The molecule has 4 nitrogen and oxygen atoms in total. The van der Waals surface area contributed by atoms with Crippen LogP contribution in [0.15, 0.2) is 46.0 Å².